The van der Waals surface area contributed by atoms with Gasteiger partial charge in [0.25, 0.3) is 0 Å². The molecular weight excluding hydrogens is 210 g/mol. The van der Waals surface area contributed by atoms with Crippen LogP contribution < -0.4 is 10.5 Å². The van der Waals surface area contributed by atoms with Crippen molar-refractivity contribution in [3.05, 3.63) is 29.8 Å². The SMILES string of the molecule is CCCCC[C@@H](N)c1ccc(OC(C)C)cc1. The maximum Gasteiger partial charge on any atom is 0.119 e. The van der Waals surface area contributed by atoms with Gasteiger partial charge in [-0.1, -0.05) is 38.3 Å². The first-order valence-corrected chi connectivity index (χ1v) is 6.65. The van der Waals surface area contributed by atoms with Gasteiger partial charge in [0.2, 0.25) is 0 Å². The van der Waals surface area contributed by atoms with Crippen molar-refractivity contribution in [2.45, 2.75) is 58.6 Å². The summed E-state index contributed by atoms with van der Waals surface area (Å²) in [7, 11) is 0. The lowest BCUT2D eigenvalue weighted by Gasteiger charge is -2.14. The number of benzene rings is 1. The van der Waals surface area contributed by atoms with Crippen LogP contribution in [0.2, 0.25) is 0 Å². The maximum atomic E-state index is 6.15. The highest BCUT2D eigenvalue weighted by Gasteiger charge is 2.06. The van der Waals surface area contributed by atoms with Gasteiger partial charge in [-0.2, -0.15) is 0 Å². The van der Waals surface area contributed by atoms with Crippen LogP contribution in [0.4, 0.5) is 0 Å². The fraction of sp³-hybridized carbons (Fsp3) is 0.600. The molecule has 0 unspecified atom stereocenters. The van der Waals surface area contributed by atoms with Gasteiger partial charge in [0.1, 0.15) is 5.75 Å². The van der Waals surface area contributed by atoms with Crippen molar-refractivity contribution in [3.8, 4) is 5.75 Å². The number of ether oxygens (including phenoxy) is 1. The number of nitrogens with two attached hydrogens (primary N) is 1. The van der Waals surface area contributed by atoms with E-state index in [0.29, 0.717) is 0 Å². The minimum Gasteiger partial charge on any atom is -0.491 e. The molecule has 2 heteroatoms. The lowest BCUT2D eigenvalue weighted by molar-refractivity contribution is 0.242. The van der Waals surface area contributed by atoms with Gasteiger partial charge in [-0.05, 0) is 38.0 Å². The van der Waals surface area contributed by atoms with Crippen molar-refractivity contribution >= 4 is 0 Å². The Morgan fingerprint density at radius 3 is 2.29 bits per heavy atom. The predicted molar refractivity (Wildman–Crippen MR) is 73.3 cm³/mol. The van der Waals surface area contributed by atoms with E-state index in [-0.39, 0.29) is 12.1 Å². The molecule has 0 heterocycles. The smallest absolute Gasteiger partial charge is 0.119 e. The lowest BCUT2D eigenvalue weighted by Crippen LogP contribution is -2.10. The molecule has 0 bridgehead atoms. The van der Waals surface area contributed by atoms with Crippen molar-refractivity contribution < 1.29 is 4.74 Å². The summed E-state index contributed by atoms with van der Waals surface area (Å²) in [5.41, 5.74) is 7.35. The molecule has 1 aromatic carbocycles. The summed E-state index contributed by atoms with van der Waals surface area (Å²) < 4.78 is 5.61. The normalized spacial score (nSPS) is 12.8. The monoisotopic (exact) mass is 235 g/mol. The van der Waals surface area contributed by atoms with Crippen LogP contribution in [0.25, 0.3) is 0 Å². The molecule has 17 heavy (non-hydrogen) atoms. The minimum absolute atomic E-state index is 0.162. The summed E-state index contributed by atoms with van der Waals surface area (Å²) in [6.45, 7) is 6.28. The van der Waals surface area contributed by atoms with Crippen LogP contribution in [0.5, 0.6) is 5.75 Å². The Morgan fingerprint density at radius 1 is 1.12 bits per heavy atom. The maximum absolute atomic E-state index is 6.15. The summed E-state index contributed by atoms with van der Waals surface area (Å²) in [6, 6.07) is 8.34. The zero-order valence-electron chi connectivity index (χ0n) is 11.3. The highest BCUT2D eigenvalue weighted by Crippen LogP contribution is 2.21. The molecule has 0 saturated heterocycles. The Balaban J connectivity index is 2.48. The van der Waals surface area contributed by atoms with Gasteiger partial charge in [-0.3, -0.25) is 0 Å². The molecule has 0 aliphatic heterocycles. The predicted octanol–water partition coefficient (Wildman–Crippen LogP) is 4.05. The molecule has 0 aliphatic rings. The molecule has 0 aromatic heterocycles. The molecule has 2 nitrogen and oxygen atoms in total. The van der Waals surface area contributed by atoms with Crippen molar-refractivity contribution in [2.24, 2.45) is 5.73 Å². The molecule has 0 amide bonds. The number of hydrogen-bond donors (Lipinski definition) is 1. The van der Waals surface area contributed by atoms with Crippen LogP contribution in [0.1, 0.15) is 58.1 Å². The van der Waals surface area contributed by atoms with Gasteiger partial charge in [0.15, 0.2) is 0 Å². The van der Waals surface area contributed by atoms with Crippen molar-refractivity contribution in [1.82, 2.24) is 0 Å². The Bertz CT molecular complexity index is 305. The Kier molecular flexibility index (Phi) is 6.06. The number of unbranched alkanes of at least 4 members (excludes halogenated alkanes) is 2. The van der Waals surface area contributed by atoms with Crippen LogP contribution in [-0.2, 0) is 0 Å². The highest BCUT2D eigenvalue weighted by atomic mass is 16.5. The van der Waals surface area contributed by atoms with Crippen molar-refractivity contribution in [3.63, 3.8) is 0 Å². The van der Waals surface area contributed by atoms with Gasteiger partial charge < -0.3 is 10.5 Å². The third-order valence-electron chi connectivity index (χ3n) is 2.80. The average Bonchev–Trinajstić information content (AvgIpc) is 2.29. The average molecular weight is 235 g/mol. The van der Waals surface area contributed by atoms with Gasteiger partial charge in [0.05, 0.1) is 6.10 Å². The number of hydrogen-bond acceptors (Lipinski definition) is 2. The fourth-order valence-electron chi connectivity index (χ4n) is 1.85. The van der Waals surface area contributed by atoms with Crippen LogP contribution in [0.15, 0.2) is 24.3 Å². The molecule has 0 fully saturated rings. The molecule has 0 spiro atoms. The van der Waals surface area contributed by atoms with E-state index in [1.54, 1.807) is 0 Å². The van der Waals surface area contributed by atoms with Crippen LogP contribution >= 0.6 is 0 Å². The molecule has 1 aromatic rings. The summed E-state index contributed by atoms with van der Waals surface area (Å²) in [5, 5.41) is 0. The minimum atomic E-state index is 0.162. The van der Waals surface area contributed by atoms with E-state index in [4.69, 9.17) is 10.5 Å². The molecule has 0 aliphatic carbocycles. The molecule has 96 valence electrons. The Morgan fingerprint density at radius 2 is 1.76 bits per heavy atom. The van der Waals surface area contributed by atoms with Crippen LogP contribution in [0.3, 0.4) is 0 Å². The van der Waals surface area contributed by atoms with Crippen molar-refractivity contribution in [2.75, 3.05) is 0 Å². The quantitative estimate of drug-likeness (QED) is 0.723. The van der Waals surface area contributed by atoms with E-state index in [9.17, 15) is 0 Å². The first-order chi connectivity index (χ1) is 8.13. The van der Waals surface area contributed by atoms with Gasteiger partial charge in [-0.15, -0.1) is 0 Å². The standard InChI is InChI=1S/C15H25NO/c1-4-5-6-7-15(16)13-8-10-14(11-9-13)17-12(2)3/h8-12,15H,4-7,16H2,1-3H3/t15-/m1/s1. The summed E-state index contributed by atoms with van der Waals surface area (Å²) in [6.07, 6.45) is 5.01. The van der Waals surface area contributed by atoms with E-state index in [1.807, 2.05) is 26.0 Å². The topological polar surface area (TPSA) is 35.2 Å². The summed E-state index contributed by atoms with van der Waals surface area (Å²) in [5.74, 6) is 0.921. The fourth-order valence-corrected chi connectivity index (χ4v) is 1.85. The molecule has 0 saturated carbocycles. The van der Waals surface area contributed by atoms with Gasteiger partial charge in [-0.25, -0.2) is 0 Å². The Labute approximate surface area is 105 Å². The second-order valence-corrected chi connectivity index (χ2v) is 4.84. The number of rotatable bonds is 7. The van der Waals surface area contributed by atoms with E-state index in [1.165, 1.54) is 24.8 Å². The Hall–Kier alpha value is -1.02. The van der Waals surface area contributed by atoms with Crippen LogP contribution in [0, 0.1) is 0 Å². The third-order valence-corrected chi connectivity index (χ3v) is 2.80. The molecule has 2 N–H and O–H groups in total. The largest absolute Gasteiger partial charge is 0.491 e. The second-order valence-electron chi connectivity index (χ2n) is 4.84. The molecule has 1 rings (SSSR count). The zero-order chi connectivity index (χ0) is 12.7. The summed E-state index contributed by atoms with van der Waals surface area (Å²) in [4.78, 5) is 0. The third kappa shape index (κ3) is 5.22. The van der Waals surface area contributed by atoms with E-state index < -0.39 is 0 Å². The van der Waals surface area contributed by atoms with E-state index >= 15 is 0 Å². The molecule has 0 radical (unpaired) electrons. The summed E-state index contributed by atoms with van der Waals surface area (Å²) >= 11 is 0. The second kappa shape index (κ2) is 7.33. The van der Waals surface area contributed by atoms with Gasteiger partial charge >= 0.3 is 0 Å². The van der Waals surface area contributed by atoms with E-state index in [2.05, 4.69) is 19.1 Å². The molecular formula is C15H25NO. The van der Waals surface area contributed by atoms with Crippen LogP contribution in [-0.4, -0.2) is 6.10 Å². The zero-order valence-corrected chi connectivity index (χ0v) is 11.3. The lowest BCUT2D eigenvalue weighted by atomic mass is 10.0. The first-order valence-electron chi connectivity index (χ1n) is 6.65. The van der Waals surface area contributed by atoms with E-state index in [0.717, 1.165) is 12.2 Å². The molecule has 1 atom stereocenters. The highest BCUT2D eigenvalue weighted by molar-refractivity contribution is 5.29. The van der Waals surface area contributed by atoms with Crippen molar-refractivity contribution in [1.29, 1.82) is 0 Å². The van der Waals surface area contributed by atoms with Gasteiger partial charge in [0, 0.05) is 6.04 Å². The first kappa shape index (κ1) is 14.0.